The first kappa shape index (κ1) is 42.8. The van der Waals surface area contributed by atoms with Crippen LogP contribution in [-0.4, -0.2) is 15.9 Å². The van der Waals surface area contributed by atoms with Crippen molar-refractivity contribution in [1.29, 1.82) is 0 Å². The number of rotatable bonds is 9. The number of benzene rings is 4. The molecular weight excluding hydrogens is 847 g/mol. The summed E-state index contributed by atoms with van der Waals surface area (Å²) in [5, 5.41) is 17.9. The van der Waals surface area contributed by atoms with Gasteiger partial charge in [0.05, 0.1) is 0 Å². The zero-order chi connectivity index (χ0) is 38.2. The molecule has 285 valence electrons. The molecule has 1 aliphatic rings. The Morgan fingerprint density at radius 3 is 2.00 bits per heavy atom. The van der Waals surface area contributed by atoms with E-state index in [1.807, 2.05) is 59.5 Å². The summed E-state index contributed by atoms with van der Waals surface area (Å²) in [6.07, 6.45) is 8.82. The van der Waals surface area contributed by atoms with Crippen LogP contribution in [-0.2, 0) is 37.7 Å². The van der Waals surface area contributed by atoms with Crippen molar-refractivity contribution in [2.75, 3.05) is 0 Å². The monoisotopic (exact) mass is 907 g/mol. The number of ketones is 1. The number of nitrogens with zero attached hydrogens (tertiary/aromatic N) is 1. The molecule has 1 N–H and O–H groups in total. The molecule has 0 spiro atoms. The Bertz CT molecular complexity index is 2140. The summed E-state index contributed by atoms with van der Waals surface area (Å²) in [6, 6.07) is 23.9. The zero-order valence-corrected chi connectivity index (χ0v) is 37.3. The van der Waals surface area contributed by atoms with E-state index in [4.69, 9.17) is 4.98 Å². The number of hydrogen-bond acceptors (Lipinski definition) is 4. The molecule has 0 amide bonds. The maximum absolute atomic E-state index is 12.2. The van der Waals surface area contributed by atoms with Gasteiger partial charge >= 0.3 is 0 Å². The first-order valence-corrected chi connectivity index (χ1v) is 20.1. The van der Waals surface area contributed by atoms with Gasteiger partial charge in [-0.3, -0.25) is 9.78 Å². The first-order chi connectivity index (χ1) is 24.4. The third kappa shape index (κ3) is 8.95. The second-order valence-electron chi connectivity index (χ2n) is 17.8. The molecule has 1 aromatic heterocycles. The Morgan fingerprint density at radius 2 is 1.40 bits per heavy atom. The minimum atomic E-state index is -0.337. The molecule has 0 saturated carbocycles. The van der Waals surface area contributed by atoms with Crippen molar-refractivity contribution >= 4 is 49.9 Å². The third-order valence-corrected chi connectivity index (χ3v) is 12.6. The van der Waals surface area contributed by atoms with Gasteiger partial charge in [0.2, 0.25) is 0 Å². The summed E-state index contributed by atoms with van der Waals surface area (Å²) in [7, 11) is 0. The largest absolute Gasteiger partial charge is 0.512 e. The zero-order valence-electron chi connectivity index (χ0n) is 34.1. The van der Waals surface area contributed by atoms with Crippen LogP contribution in [0.25, 0.3) is 43.6 Å². The summed E-state index contributed by atoms with van der Waals surface area (Å²) < 4.78 is 0. The topological polar surface area (TPSA) is 50.2 Å². The molecule has 0 atom stereocenters. The van der Waals surface area contributed by atoms with Crippen molar-refractivity contribution in [2.24, 2.45) is 21.7 Å². The van der Waals surface area contributed by atoms with Gasteiger partial charge in [-0.1, -0.05) is 136 Å². The van der Waals surface area contributed by atoms with Crippen molar-refractivity contribution in [3.63, 3.8) is 0 Å². The van der Waals surface area contributed by atoms with E-state index in [9.17, 15) is 9.90 Å². The van der Waals surface area contributed by atoms with E-state index in [-0.39, 0.29) is 53.3 Å². The number of fused-ring (bicyclic) bond motifs is 5. The van der Waals surface area contributed by atoms with Gasteiger partial charge in [-0.15, -0.1) is 29.3 Å². The number of carbonyl (C=O) groups excluding carboxylic acids is 1. The number of aromatic nitrogens is 1. The van der Waals surface area contributed by atoms with Gasteiger partial charge < -0.3 is 5.11 Å². The van der Waals surface area contributed by atoms with Gasteiger partial charge in [-0.2, -0.15) is 0 Å². The molecule has 6 rings (SSSR count). The average Bonchev–Trinajstić information content (AvgIpc) is 3.10. The summed E-state index contributed by atoms with van der Waals surface area (Å²) >= 11 is 1.92. The van der Waals surface area contributed by atoms with Crippen LogP contribution in [0, 0.1) is 27.7 Å². The number of aliphatic hydroxyl groups excluding tert-OH is 1. The van der Waals surface area contributed by atoms with Crippen LogP contribution in [0.1, 0.15) is 120 Å². The van der Waals surface area contributed by atoms with E-state index >= 15 is 0 Å². The molecule has 2 heterocycles. The van der Waals surface area contributed by atoms with Crippen LogP contribution in [0.15, 0.2) is 82.4 Å². The summed E-state index contributed by atoms with van der Waals surface area (Å²) in [4.78, 5) is 19.8. The van der Waals surface area contributed by atoms with Crippen LogP contribution < -0.4 is 0 Å². The van der Waals surface area contributed by atoms with Gasteiger partial charge in [0.15, 0.2) is 5.78 Å². The van der Waals surface area contributed by atoms with E-state index in [1.165, 1.54) is 64.9 Å². The standard InChI is InChI=1S/C33H32NS.C15H28O2.Ir/c1-32(2,3)18-22-12-9-11-21-17-27-29-24(28(21)22)14-15-34-30(29)25-16-20-10-7-8-13-23(20)26(31(25)35-27)19-33(4,5)6;1-7-14(5,8-2)12(16)11-13(17)15(6,9-3)10-4;/h7-15,17H,18-19H2,1-6H3;11,16H,7-10H2,1-6H3;/q-1;;/b;12-11-;. The van der Waals surface area contributed by atoms with Gasteiger partial charge in [0.25, 0.3) is 0 Å². The molecule has 0 unspecified atom stereocenters. The van der Waals surface area contributed by atoms with Crippen molar-refractivity contribution < 1.29 is 30.0 Å². The number of carbonyl (C=O) groups is 1. The second kappa shape index (κ2) is 16.4. The molecule has 5 heteroatoms. The van der Waals surface area contributed by atoms with Crippen LogP contribution in [0.3, 0.4) is 0 Å². The van der Waals surface area contributed by atoms with E-state index in [2.05, 4.69) is 102 Å². The molecule has 0 aliphatic carbocycles. The fraction of sp³-hybridized carbons (Fsp3) is 0.458. The van der Waals surface area contributed by atoms with Crippen molar-refractivity contribution in [2.45, 2.75) is 131 Å². The normalized spacial score (nSPS) is 13.4. The van der Waals surface area contributed by atoms with Crippen molar-refractivity contribution in [1.82, 2.24) is 4.98 Å². The average molecular weight is 907 g/mol. The molecule has 1 aliphatic heterocycles. The van der Waals surface area contributed by atoms with Gasteiger partial charge in [0.1, 0.15) is 5.76 Å². The van der Waals surface area contributed by atoms with Gasteiger partial charge in [0, 0.05) is 53.8 Å². The Kier molecular flexibility index (Phi) is 13.2. The maximum atomic E-state index is 12.2. The fourth-order valence-electron chi connectivity index (χ4n) is 7.29. The molecule has 0 fully saturated rings. The molecule has 4 aromatic carbocycles. The van der Waals surface area contributed by atoms with Crippen LogP contribution in [0.4, 0.5) is 0 Å². The number of allylic oxidation sites excluding steroid dienone is 2. The maximum Gasteiger partial charge on any atom is 0.164 e. The van der Waals surface area contributed by atoms with Gasteiger partial charge in [-0.05, 0) is 93.5 Å². The molecule has 1 radical (unpaired) electrons. The minimum absolute atomic E-state index is 0. The Balaban J connectivity index is 0.000000299. The van der Waals surface area contributed by atoms with E-state index in [1.54, 1.807) is 0 Å². The minimum Gasteiger partial charge on any atom is -0.512 e. The molecule has 3 nitrogen and oxygen atoms in total. The predicted molar refractivity (Wildman–Crippen MR) is 225 cm³/mol. The second-order valence-corrected chi connectivity index (χ2v) is 18.9. The number of aliphatic hydroxyl groups is 1. The molecule has 0 saturated heterocycles. The quantitative estimate of drug-likeness (QED) is 0.0680. The van der Waals surface area contributed by atoms with Crippen LogP contribution in [0.5, 0.6) is 0 Å². The molecule has 0 bridgehead atoms. The summed E-state index contributed by atoms with van der Waals surface area (Å²) in [6.45, 7) is 26.0. The molecule has 5 aromatic rings. The Labute approximate surface area is 337 Å². The number of hydrogen-bond donors (Lipinski definition) is 1. The summed E-state index contributed by atoms with van der Waals surface area (Å²) in [5.74, 6) is 0.286. The van der Waals surface area contributed by atoms with E-state index in [0.717, 1.165) is 44.2 Å². The molecular formula is C48H60IrNO2S-. The SMILES string of the molecule is CC(C)(C)Cc1c2c([c-]c3ccccc13)-c1nccc3c1c(cc1cccc(CC(C)(C)C)c13)S2.CCC(C)(CC)C(=O)/C=C(\O)C(C)(CC)CC.[Ir]. The van der Waals surface area contributed by atoms with E-state index < -0.39 is 0 Å². The first-order valence-electron chi connectivity index (χ1n) is 19.3. The van der Waals surface area contributed by atoms with E-state index in [0.29, 0.717) is 0 Å². The fourth-order valence-corrected chi connectivity index (χ4v) is 8.56. The van der Waals surface area contributed by atoms with Gasteiger partial charge in [-0.25, -0.2) is 0 Å². The smallest absolute Gasteiger partial charge is 0.164 e. The predicted octanol–water partition coefficient (Wildman–Crippen LogP) is 14.3. The Morgan fingerprint density at radius 1 is 0.774 bits per heavy atom. The number of pyridine rings is 1. The van der Waals surface area contributed by atoms with Crippen molar-refractivity contribution in [3.8, 4) is 11.3 Å². The Hall–Kier alpha value is -2.98. The van der Waals surface area contributed by atoms with Crippen LogP contribution in [0.2, 0.25) is 0 Å². The summed E-state index contributed by atoms with van der Waals surface area (Å²) in [5.41, 5.74) is 4.90. The van der Waals surface area contributed by atoms with Crippen LogP contribution >= 0.6 is 11.8 Å². The third-order valence-electron chi connectivity index (χ3n) is 11.4. The van der Waals surface area contributed by atoms with Crippen molar-refractivity contribution in [3.05, 3.63) is 89.8 Å². The molecule has 53 heavy (non-hydrogen) atoms.